The maximum absolute atomic E-state index is 12.7. The predicted molar refractivity (Wildman–Crippen MR) is 73.1 cm³/mol. The highest BCUT2D eigenvalue weighted by Gasteiger charge is 2.63. The third-order valence-electron chi connectivity index (χ3n) is 5.24. The molecule has 0 unspecified atom stereocenters. The standard InChI is InChI=1S/C16H14F3NO3/c17-16(18,19)8-2-1-3-9(6-8)20-14(21)12-7-4-10-11(5-7)23-15(22)13(10)12/h1-3,6-7,10-13H,4-5H2,(H,20,21)/t7-,10+,11-,12+,13+/m1/s1. The summed E-state index contributed by atoms with van der Waals surface area (Å²) in [6.45, 7) is 0. The fourth-order valence-electron chi connectivity index (χ4n) is 4.36. The first-order chi connectivity index (χ1) is 10.8. The largest absolute Gasteiger partial charge is 0.462 e. The molecule has 0 spiro atoms. The summed E-state index contributed by atoms with van der Waals surface area (Å²) in [5.74, 6) is -1.51. The average Bonchev–Trinajstić information content (AvgIpc) is 3.08. The quantitative estimate of drug-likeness (QED) is 0.851. The molecular weight excluding hydrogens is 311 g/mol. The smallest absolute Gasteiger partial charge is 0.416 e. The van der Waals surface area contributed by atoms with Crippen LogP contribution in [-0.4, -0.2) is 18.0 Å². The zero-order valence-corrected chi connectivity index (χ0v) is 12.0. The molecule has 1 saturated heterocycles. The van der Waals surface area contributed by atoms with Gasteiger partial charge in [0.25, 0.3) is 0 Å². The predicted octanol–water partition coefficient (Wildman–Crippen LogP) is 2.84. The van der Waals surface area contributed by atoms with E-state index in [-0.39, 0.29) is 35.5 Å². The molecule has 1 aromatic carbocycles. The SMILES string of the molecule is O=C(Nc1cccc(C(F)(F)F)c1)[C@H]1[C@@H]2C[C@@H]3[C@@H]1C(=O)O[C@@H]3C2. The van der Waals surface area contributed by atoms with Crippen LogP contribution in [0.15, 0.2) is 24.3 Å². The van der Waals surface area contributed by atoms with Gasteiger partial charge in [-0.15, -0.1) is 0 Å². The number of carbonyl (C=O) groups is 2. The van der Waals surface area contributed by atoms with Crippen molar-refractivity contribution in [3.63, 3.8) is 0 Å². The number of anilines is 1. The van der Waals surface area contributed by atoms with Crippen LogP contribution in [-0.2, 0) is 20.5 Å². The number of carbonyl (C=O) groups excluding carboxylic acids is 2. The van der Waals surface area contributed by atoms with Gasteiger partial charge in [0.2, 0.25) is 5.91 Å². The fraction of sp³-hybridized carbons (Fsp3) is 0.500. The summed E-state index contributed by atoms with van der Waals surface area (Å²) >= 11 is 0. The molecule has 3 aliphatic rings. The number of benzene rings is 1. The minimum Gasteiger partial charge on any atom is -0.462 e. The molecule has 2 saturated carbocycles. The highest BCUT2D eigenvalue weighted by molar-refractivity contribution is 5.97. The van der Waals surface area contributed by atoms with Crippen LogP contribution < -0.4 is 5.32 Å². The van der Waals surface area contributed by atoms with Crippen molar-refractivity contribution in [1.29, 1.82) is 0 Å². The molecule has 5 atom stereocenters. The molecule has 4 nitrogen and oxygen atoms in total. The van der Waals surface area contributed by atoms with E-state index in [1.807, 2.05) is 0 Å². The summed E-state index contributed by atoms with van der Waals surface area (Å²) in [5.41, 5.74) is -0.723. The van der Waals surface area contributed by atoms with Crippen LogP contribution in [0.5, 0.6) is 0 Å². The molecule has 122 valence electrons. The maximum Gasteiger partial charge on any atom is 0.416 e. The lowest BCUT2D eigenvalue weighted by molar-refractivity contribution is -0.145. The molecule has 2 aliphatic carbocycles. The van der Waals surface area contributed by atoms with E-state index in [2.05, 4.69) is 5.32 Å². The van der Waals surface area contributed by atoms with Crippen LogP contribution in [0, 0.1) is 23.7 Å². The molecule has 7 heteroatoms. The van der Waals surface area contributed by atoms with Gasteiger partial charge in [0.1, 0.15) is 6.10 Å². The zero-order valence-electron chi connectivity index (χ0n) is 12.0. The van der Waals surface area contributed by atoms with Crippen molar-refractivity contribution < 1.29 is 27.5 Å². The van der Waals surface area contributed by atoms with Crippen molar-refractivity contribution in [3.8, 4) is 0 Å². The summed E-state index contributed by atoms with van der Waals surface area (Å²) in [6.07, 6.45) is -3.08. The second-order valence-electron chi connectivity index (χ2n) is 6.49. The molecule has 3 fully saturated rings. The first kappa shape index (κ1) is 14.5. The van der Waals surface area contributed by atoms with Crippen molar-refractivity contribution in [2.24, 2.45) is 23.7 Å². The van der Waals surface area contributed by atoms with Crippen molar-refractivity contribution in [1.82, 2.24) is 0 Å². The molecule has 4 rings (SSSR count). The first-order valence-electron chi connectivity index (χ1n) is 7.53. The van der Waals surface area contributed by atoms with Crippen LogP contribution in [0.3, 0.4) is 0 Å². The lowest BCUT2D eigenvalue weighted by Gasteiger charge is -2.23. The summed E-state index contributed by atoms with van der Waals surface area (Å²) < 4.78 is 43.5. The number of nitrogens with one attached hydrogen (secondary N) is 1. The van der Waals surface area contributed by atoms with E-state index < -0.39 is 23.6 Å². The van der Waals surface area contributed by atoms with Crippen LogP contribution in [0.1, 0.15) is 18.4 Å². The topological polar surface area (TPSA) is 55.4 Å². The van der Waals surface area contributed by atoms with Gasteiger partial charge in [-0.25, -0.2) is 0 Å². The van der Waals surface area contributed by atoms with Gasteiger partial charge in [-0.05, 0) is 37.0 Å². The van der Waals surface area contributed by atoms with Crippen LogP contribution in [0.4, 0.5) is 18.9 Å². The van der Waals surface area contributed by atoms with Crippen molar-refractivity contribution in [2.75, 3.05) is 5.32 Å². The maximum atomic E-state index is 12.7. The number of rotatable bonds is 2. The minimum absolute atomic E-state index is 0.0740. The third-order valence-corrected chi connectivity index (χ3v) is 5.24. The van der Waals surface area contributed by atoms with Crippen LogP contribution in [0.25, 0.3) is 0 Å². The van der Waals surface area contributed by atoms with Crippen LogP contribution >= 0.6 is 0 Å². The summed E-state index contributed by atoms with van der Waals surface area (Å²) in [5, 5.41) is 2.54. The molecular formula is C16H14F3NO3. The van der Waals surface area contributed by atoms with Gasteiger partial charge in [-0.2, -0.15) is 13.2 Å². The molecule has 1 aliphatic heterocycles. The fourth-order valence-corrected chi connectivity index (χ4v) is 4.36. The van der Waals surface area contributed by atoms with Gasteiger partial charge < -0.3 is 10.1 Å². The monoisotopic (exact) mass is 325 g/mol. The normalized spacial score (nSPS) is 34.6. The van der Waals surface area contributed by atoms with E-state index in [0.717, 1.165) is 18.6 Å². The Hall–Kier alpha value is -2.05. The molecule has 2 bridgehead atoms. The van der Waals surface area contributed by atoms with E-state index in [1.54, 1.807) is 0 Å². The number of amides is 1. The number of fused-ring (bicyclic) bond motifs is 1. The molecule has 0 aromatic heterocycles. The van der Waals surface area contributed by atoms with E-state index in [1.165, 1.54) is 12.1 Å². The first-order valence-corrected chi connectivity index (χ1v) is 7.53. The van der Waals surface area contributed by atoms with Gasteiger partial charge in [-0.1, -0.05) is 6.07 Å². The van der Waals surface area contributed by atoms with E-state index in [9.17, 15) is 22.8 Å². The average molecular weight is 325 g/mol. The van der Waals surface area contributed by atoms with Gasteiger partial charge in [0.15, 0.2) is 0 Å². The molecule has 23 heavy (non-hydrogen) atoms. The zero-order chi connectivity index (χ0) is 16.4. The lowest BCUT2D eigenvalue weighted by atomic mass is 9.79. The van der Waals surface area contributed by atoms with Crippen LogP contribution in [0.2, 0.25) is 0 Å². The Labute approximate surface area is 130 Å². The van der Waals surface area contributed by atoms with Crippen molar-refractivity contribution >= 4 is 17.6 Å². The number of hydrogen-bond donors (Lipinski definition) is 1. The highest BCUT2D eigenvalue weighted by Crippen LogP contribution is 2.57. The molecule has 1 heterocycles. The summed E-state index contributed by atoms with van der Waals surface area (Å²) in [7, 11) is 0. The van der Waals surface area contributed by atoms with E-state index in [0.29, 0.717) is 6.42 Å². The number of alkyl halides is 3. The Morgan fingerprint density at radius 2 is 2.04 bits per heavy atom. The number of halogens is 3. The highest BCUT2D eigenvalue weighted by atomic mass is 19.4. The van der Waals surface area contributed by atoms with Gasteiger partial charge >= 0.3 is 12.1 Å². The summed E-state index contributed by atoms with van der Waals surface area (Å²) in [6, 6.07) is 4.52. The van der Waals surface area contributed by atoms with Crippen molar-refractivity contribution in [2.45, 2.75) is 25.1 Å². The summed E-state index contributed by atoms with van der Waals surface area (Å²) in [4.78, 5) is 24.4. The Morgan fingerprint density at radius 3 is 2.78 bits per heavy atom. The number of esters is 1. The number of hydrogen-bond acceptors (Lipinski definition) is 3. The number of ether oxygens (including phenoxy) is 1. The van der Waals surface area contributed by atoms with Gasteiger partial charge in [-0.3, -0.25) is 9.59 Å². The second-order valence-corrected chi connectivity index (χ2v) is 6.49. The minimum atomic E-state index is -4.46. The Balaban J connectivity index is 1.54. The third kappa shape index (κ3) is 2.21. The Bertz CT molecular complexity index is 685. The second kappa shape index (κ2) is 4.72. The molecule has 1 amide bonds. The van der Waals surface area contributed by atoms with Gasteiger partial charge in [0, 0.05) is 11.6 Å². The Kier molecular flexibility index (Phi) is 2.98. The van der Waals surface area contributed by atoms with Gasteiger partial charge in [0.05, 0.1) is 17.4 Å². The Morgan fingerprint density at radius 1 is 1.26 bits per heavy atom. The van der Waals surface area contributed by atoms with Crippen molar-refractivity contribution in [3.05, 3.63) is 29.8 Å². The van der Waals surface area contributed by atoms with E-state index in [4.69, 9.17) is 4.74 Å². The lowest BCUT2D eigenvalue weighted by Crippen LogP contribution is -2.35. The molecule has 0 radical (unpaired) electrons. The van der Waals surface area contributed by atoms with E-state index >= 15 is 0 Å². The molecule has 1 N–H and O–H groups in total. The molecule has 1 aromatic rings.